The zero-order valence-corrected chi connectivity index (χ0v) is 20.6. The van der Waals surface area contributed by atoms with Crippen LogP contribution >= 0.6 is 0 Å². The molecule has 33 heavy (non-hydrogen) atoms. The number of ether oxygens (including phenoxy) is 4. The van der Waals surface area contributed by atoms with Gasteiger partial charge in [0.1, 0.15) is 6.10 Å². The average Bonchev–Trinajstić information content (AvgIpc) is 2.99. The highest BCUT2D eigenvalue weighted by molar-refractivity contribution is 5.67. The fraction of sp³-hybridized carbons (Fsp3) is 0.731. The van der Waals surface area contributed by atoms with E-state index in [1.165, 1.54) is 20.8 Å². The van der Waals surface area contributed by atoms with Crippen LogP contribution in [0, 0.1) is 28.6 Å². The fourth-order valence-electron chi connectivity index (χ4n) is 6.73. The third kappa shape index (κ3) is 4.75. The highest BCUT2D eigenvalue weighted by Gasteiger charge is 2.70. The highest BCUT2D eigenvalue weighted by Crippen LogP contribution is 2.68. The fourth-order valence-corrected chi connectivity index (χ4v) is 6.73. The van der Waals surface area contributed by atoms with Crippen molar-refractivity contribution in [2.45, 2.75) is 91.8 Å². The minimum absolute atomic E-state index is 0.0272. The van der Waals surface area contributed by atoms with Crippen molar-refractivity contribution in [3.8, 4) is 0 Å². The molecule has 0 aromatic rings. The van der Waals surface area contributed by atoms with Crippen LogP contribution in [0.15, 0.2) is 24.8 Å². The van der Waals surface area contributed by atoms with Crippen LogP contribution in [-0.4, -0.2) is 36.6 Å². The molecular weight excluding hydrogens is 424 g/mol. The zero-order valence-electron chi connectivity index (χ0n) is 20.6. The molecule has 0 aromatic carbocycles. The Balaban J connectivity index is 2.09. The Bertz CT molecular complexity index is 819. The standard InChI is InChI=1S/C26H38O7/c1-8-15(2)9-11-25(7)16(3)10-12-26-21(13-20(14-22(25)26)30-17(4)27)23(31-18(5)28)33-24(26)32-19(6)29/h8,16,20-24H,1-2,9-14H2,3-7H3/t16-,20-,21+,22+,23+,24-,25-,26-/m0/s1. The largest absolute Gasteiger partial charge is 0.463 e. The number of carbonyl (C=O) groups is 3. The van der Waals surface area contributed by atoms with E-state index in [2.05, 4.69) is 27.0 Å². The van der Waals surface area contributed by atoms with Gasteiger partial charge in [0.15, 0.2) is 0 Å². The molecule has 7 nitrogen and oxygen atoms in total. The molecule has 2 saturated carbocycles. The molecule has 8 atom stereocenters. The minimum atomic E-state index is -0.853. The van der Waals surface area contributed by atoms with Crippen LogP contribution in [-0.2, 0) is 33.3 Å². The van der Waals surface area contributed by atoms with Crippen LogP contribution in [0.5, 0.6) is 0 Å². The van der Waals surface area contributed by atoms with Crippen molar-refractivity contribution in [1.82, 2.24) is 0 Å². The molecule has 3 aliphatic rings. The third-order valence-electron chi connectivity index (χ3n) is 8.47. The second-order valence-corrected chi connectivity index (χ2v) is 10.3. The lowest BCUT2D eigenvalue weighted by Crippen LogP contribution is -2.60. The van der Waals surface area contributed by atoms with Gasteiger partial charge in [-0.25, -0.2) is 0 Å². The van der Waals surface area contributed by atoms with Crippen LogP contribution in [0.1, 0.15) is 73.1 Å². The van der Waals surface area contributed by atoms with Gasteiger partial charge in [-0.1, -0.05) is 38.7 Å². The molecule has 1 spiro atoms. The average molecular weight is 463 g/mol. The summed E-state index contributed by atoms with van der Waals surface area (Å²) >= 11 is 0. The highest BCUT2D eigenvalue weighted by atomic mass is 16.8. The molecule has 1 saturated heterocycles. The number of hydrogen-bond acceptors (Lipinski definition) is 7. The van der Waals surface area contributed by atoms with Crippen LogP contribution in [0.2, 0.25) is 0 Å². The van der Waals surface area contributed by atoms with E-state index in [1.54, 1.807) is 6.08 Å². The smallest absolute Gasteiger partial charge is 0.304 e. The summed E-state index contributed by atoms with van der Waals surface area (Å²) in [4.78, 5) is 35.8. The predicted octanol–water partition coefficient (Wildman–Crippen LogP) is 4.70. The number of rotatable bonds is 7. The zero-order chi connectivity index (χ0) is 24.6. The van der Waals surface area contributed by atoms with E-state index in [4.69, 9.17) is 18.9 Å². The summed E-state index contributed by atoms with van der Waals surface area (Å²) in [5.74, 6) is -1.06. The van der Waals surface area contributed by atoms with E-state index < -0.39 is 29.9 Å². The molecule has 3 rings (SSSR count). The van der Waals surface area contributed by atoms with Gasteiger partial charge in [0.05, 0.1) is 0 Å². The van der Waals surface area contributed by atoms with Gasteiger partial charge in [-0.15, -0.1) is 0 Å². The van der Waals surface area contributed by atoms with Crippen molar-refractivity contribution in [3.05, 3.63) is 24.8 Å². The van der Waals surface area contributed by atoms with Gasteiger partial charge in [-0.3, -0.25) is 14.4 Å². The molecule has 0 bridgehead atoms. The van der Waals surface area contributed by atoms with Crippen molar-refractivity contribution in [1.29, 1.82) is 0 Å². The van der Waals surface area contributed by atoms with Crippen molar-refractivity contribution < 1.29 is 33.3 Å². The van der Waals surface area contributed by atoms with Crippen molar-refractivity contribution in [2.75, 3.05) is 0 Å². The Morgan fingerprint density at radius 3 is 2.27 bits per heavy atom. The van der Waals surface area contributed by atoms with E-state index in [9.17, 15) is 14.4 Å². The molecule has 0 amide bonds. The Kier molecular flexibility index (Phi) is 7.42. The van der Waals surface area contributed by atoms with Gasteiger partial charge in [-0.05, 0) is 55.8 Å². The summed E-state index contributed by atoms with van der Waals surface area (Å²) in [6.07, 6.45) is 4.31. The predicted molar refractivity (Wildman–Crippen MR) is 121 cm³/mol. The van der Waals surface area contributed by atoms with E-state index in [-0.39, 0.29) is 29.3 Å². The number of hydrogen-bond donors (Lipinski definition) is 0. The number of carbonyl (C=O) groups excluding carboxylic acids is 3. The molecule has 184 valence electrons. The lowest BCUT2D eigenvalue weighted by atomic mass is 9.44. The van der Waals surface area contributed by atoms with Crippen LogP contribution in [0.25, 0.3) is 0 Å². The molecule has 0 N–H and O–H groups in total. The summed E-state index contributed by atoms with van der Waals surface area (Å²) in [6, 6.07) is 0. The first-order valence-electron chi connectivity index (χ1n) is 11.9. The quantitative estimate of drug-likeness (QED) is 0.308. The second kappa shape index (κ2) is 9.61. The van der Waals surface area contributed by atoms with E-state index in [0.717, 1.165) is 31.3 Å². The SMILES string of the molecule is C=CC(=C)CC[C@]1(C)[C@H]2C[C@@H](OC(C)=O)C[C@@H]3[C@H](OC(C)=O)O[C@H](OC(C)=O)[C@@]32CC[C@@H]1C. The third-order valence-corrected chi connectivity index (χ3v) is 8.47. The van der Waals surface area contributed by atoms with Crippen LogP contribution < -0.4 is 0 Å². The molecule has 1 aliphatic heterocycles. The molecule has 7 heteroatoms. The van der Waals surface area contributed by atoms with E-state index >= 15 is 0 Å². The van der Waals surface area contributed by atoms with Gasteiger partial charge < -0.3 is 18.9 Å². The Morgan fingerprint density at radius 2 is 1.70 bits per heavy atom. The van der Waals surface area contributed by atoms with Gasteiger partial charge in [-0.2, -0.15) is 0 Å². The first-order valence-corrected chi connectivity index (χ1v) is 11.9. The summed E-state index contributed by atoms with van der Waals surface area (Å²) in [5.41, 5.74) is 0.289. The van der Waals surface area contributed by atoms with Gasteiger partial charge in [0.25, 0.3) is 0 Å². The molecule has 0 aromatic heterocycles. The van der Waals surface area contributed by atoms with E-state index in [1.807, 2.05) is 0 Å². The van der Waals surface area contributed by atoms with Crippen molar-refractivity contribution in [3.63, 3.8) is 0 Å². The Labute approximate surface area is 196 Å². The number of allylic oxidation sites excluding steroid dienone is 2. The van der Waals surface area contributed by atoms with E-state index in [0.29, 0.717) is 18.8 Å². The molecule has 0 unspecified atom stereocenters. The maximum absolute atomic E-state index is 12.1. The Hall–Kier alpha value is -2.15. The van der Waals surface area contributed by atoms with Crippen LogP contribution in [0.3, 0.4) is 0 Å². The van der Waals surface area contributed by atoms with Gasteiger partial charge in [0, 0.05) is 32.1 Å². The summed E-state index contributed by atoms with van der Waals surface area (Å²) in [5, 5.41) is 0. The molecule has 2 aliphatic carbocycles. The van der Waals surface area contributed by atoms with Crippen LogP contribution in [0.4, 0.5) is 0 Å². The second-order valence-electron chi connectivity index (χ2n) is 10.3. The lowest BCUT2D eigenvalue weighted by molar-refractivity contribution is -0.238. The topological polar surface area (TPSA) is 88.1 Å². The normalized spacial score (nSPS) is 39.5. The first-order chi connectivity index (χ1) is 15.4. The maximum atomic E-state index is 12.1. The lowest BCUT2D eigenvalue weighted by Gasteiger charge is -2.61. The van der Waals surface area contributed by atoms with Crippen molar-refractivity contribution >= 4 is 17.9 Å². The molecule has 0 radical (unpaired) electrons. The minimum Gasteiger partial charge on any atom is -0.463 e. The molecule has 1 heterocycles. The summed E-state index contributed by atoms with van der Waals surface area (Å²) in [7, 11) is 0. The number of esters is 3. The molecule has 3 fully saturated rings. The van der Waals surface area contributed by atoms with Gasteiger partial charge >= 0.3 is 17.9 Å². The van der Waals surface area contributed by atoms with Crippen molar-refractivity contribution in [2.24, 2.45) is 28.6 Å². The van der Waals surface area contributed by atoms with Gasteiger partial charge in [0.2, 0.25) is 12.6 Å². The monoisotopic (exact) mass is 462 g/mol. The maximum Gasteiger partial charge on any atom is 0.304 e. The summed E-state index contributed by atoms with van der Waals surface area (Å²) in [6.45, 7) is 16.6. The first kappa shape index (κ1) is 25.5. The summed E-state index contributed by atoms with van der Waals surface area (Å²) < 4.78 is 23.2. The molecular formula is C26H38O7. The Morgan fingerprint density at radius 1 is 1.06 bits per heavy atom.